The first-order chi connectivity index (χ1) is 13.7. The molecule has 140 valence electrons. The number of aromatic nitrogens is 3. The molecule has 0 aliphatic carbocycles. The van der Waals surface area contributed by atoms with Crippen LogP contribution in [0.25, 0.3) is 22.5 Å². The molecule has 28 heavy (non-hydrogen) atoms. The van der Waals surface area contributed by atoms with Gasteiger partial charge in [0.2, 0.25) is 0 Å². The first-order valence-electron chi connectivity index (χ1n) is 9.07. The van der Waals surface area contributed by atoms with E-state index in [1.54, 1.807) is 23.0 Å². The summed E-state index contributed by atoms with van der Waals surface area (Å²) in [7, 11) is 0. The fraction of sp³-hybridized carbons (Fsp3) is 0.143. The third kappa shape index (κ3) is 2.86. The van der Waals surface area contributed by atoms with E-state index >= 15 is 0 Å². The second-order valence-corrected chi connectivity index (χ2v) is 6.65. The Bertz CT molecular complexity index is 1170. The number of hydroxylamine groups is 2. The van der Waals surface area contributed by atoms with E-state index in [1.165, 1.54) is 17.2 Å². The Hall–Kier alpha value is -3.45. The van der Waals surface area contributed by atoms with Gasteiger partial charge in [-0.15, -0.1) is 0 Å². The monoisotopic (exact) mass is 376 g/mol. The largest absolute Gasteiger partial charge is 0.301 e. The summed E-state index contributed by atoms with van der Waals surface area (Å²) in [5, 5.41) is 5.78. The van der Waals surface area contributed by atoms with Crippen molar-refractivity contribution in [2.24, 2.45) is 0 Å². The summed E-state index contributed by atoms with van der Waals surface area (Å²) in [5.74, 6) is 0.275. The van der Waals surface area contributed by atoms with Crippen LogP contribution in [0.15, 0.2) is 67.0 Å². The molecule has 1 amide bonds. The zero-order valence-corrected chi connectivity index (χ0v) is 15.0. The van der Waals surface area contributed by atoms with Crippen molar-refractivity contribution in [3.8, 4) is 16.9 Å². The standard InChI is InChI=1S/C21H17FN4O2/c22-17-4-1-3-15(13-17)16-5-6-18-7-8-20(24(18)14-16)25-11-9-19(23-25)21(27)26-10-2-12-28-26/h1,3-9,11,13-14H,2,10,12H2. The molecule has 0 saturated carbocycles. The lowest BCUT2D eigenvalue weighted by Crippen LogP contribution is -2.27. The van der Waals surface area contributed by atoms with Crippen molar-refractivity contribution in [2.45, 2.75) is 6.42 Å². The number of benzene rings is 1. The number of pyridine rings is 1. The van der Waals surface area contributed by atoms with Crippen molar-refractivity contribution < 1.29 is 14.0 Å². The second-order valence-electron chi connectivity index (χ2n) is 6.65. The number of carbonyl (C=O) groups excluding carboxylic acids is 1. The zero-order valence-electron chi connectivity index (χ0n) is 15.0. The molecule has 1 aromatic carbocycles. The third-order valence-corrected chi connectivity index (χ3v) is 4.81. The van der Waals surface area contributed by atoms with Crippen LogP contribution < -0.4 is 0 Å². The van der Waals surface area contributed by atoms with E-state index in [0.717, 1.165) is 28.9 Å². The molecule has 1 aliphatic rings. The Morgan fingerprint density at radius 3 is 2.79 bits per heavy atom. The minimum absolute atomic E-state index is 0.238. The predicted molar refractivity (Wildman–Crippen MR) is 102 cm³/mol. The summed E-state index contributed by atoms with van der Waals surface area (Å²) in [4.78, 5) is 17.8. The van der Waals surface area contributed by atoms with Gasteiger partial charge in [0.15, 0.2) is 5.69 Å². The smallest absolute Gasteiger partial charge is 0.297 e. The molecule has 0 N–H and O–H groups in total. The average molecular weight is 376 g/mol. The summed E-state index contributed by atoms with van der Waals surface area (Å²) in [6, 6.07) is 16.0. The number of rotatable bonds is 3. The summed E-state index contributed by atoms with van der Waals surface area (Å²) >= 11 is 0. The van der Waals surface area contributed by atoms with Crippen molar-refractivity contribution in [3.63, 3.8) is 0 Å². The lowest BCUT2D eigenvalue weighted by molar-refractivity contribution is -0.0772. The van der Waals surface area contributed by atoms with E-state index in [0.29, 0.717) is 18.8 Å². The highest BCUT2D eigenvalue weighted by molar-refractivity contribution is 5.91. The van der Waals surface area contributed by atoms with Gasteiger partial charge in [0.05, 0.1) is 13.2 Å². The van der Waals surface area contributed by atoms with Gasteiger partial charge >= 0.3 is 0 Å². The van der Waals surface area contributed by atoms with Crippen molar-refractivity contribution in [3.05, 3.63) is 78.5 Å². The molecular weight excluding hydrogens is 359 g/mol. The number of nitrogens with zero attached hydrogens (tertiary/aromatic N) is 4. The van der Waals surface area contributed by atoms with E-state index in [1.807, 2.05) is 40.9 Å². The van der Waals surface area contributed by atoms with Crippen molar-refractivity contribution in [2.75, 3.05) is 13.2 Å². The van der Waals surface area contributed by atoms with Crippen LogP contribution in [0.5, 0.6) is 0 Å². The Balaban J connectivity index is 1.53. The SMILES string of the molecule is O=C(c1ccn(-c2ccc3ccc(-c4cccc(F)c4)cn23)n1)N1CCCO1. The molecule has 1 saturated heterocycles. The summed E-state index contributed by atoms with van der Waals surface area (Å²) in [6.45, 7) is 1.13. The van der Waals surface area contributed by atoms with Crippen LogP contribution in [-0.4, -0.2) is 38.3 Å². The molecule has 1 fully saturated rings. The van der Waals surface area contributed by atoms with Crippen molar-refractivity contribution in [1.29, 1.82) is 0 Å². The maximum Gasteiger partial charge on any atom is 0.297 e. The van der Waals surface area contributed by atoms with E-state index in [-0.39, 0.29) is 11.7 Å². The van der Waals surface area contributed by atoms with Gasteiger partial charge in [-0.2, -0.15) is 5.10 Å². The summed E-state index contributed by atoms with van der Waals surface area (Å²) < 4.78 is 17.2. The van der Waals surface area contributed by atoms with E-state index in [2.05, 4.69) is 5.10 Å². The molecular formula is C21H17FN4O2. The number of amides is 1. The topological polar surface area (TPSA) is 51.8 Å². The highest BCUT2D eigenvalue weighted by Crippen LogP contribution is 2.23. The molecule has 0 unspecified atom stereocenters. The van der Waals surface area contributed by atoms with Gasteiger partial charge in [-0.1, -0.05) is 18.2 Å². The summed E-state index contributed by atoms with van der Waals surface area (Å²) in [5.41, 5.74) is 2.99. The third-order valence-electron chi connectivity index (χ3n) is 4.81. The molecule has 1 aliphatic heterocycles. The first kappa shape index (κ1) is 16.7. The molecule has 4 aromatic rings. The highest BCUT2D eigenvalue weighted by Gasteiger charge is 2.23. The fourth-order valence-corrected chi connectivity index (χ4v) is 3.41. The lowest BCUT2D eigenvalue weighted by Gasteiger charge is -2.11. The van der Waals surface area contributed by atoms with Crippen LogP contribution in [0, 0.1) is 5.82 Å². The van der Waals surface area contributed by atoms with Crippen LogP contribution in [0.4, 0.5) is 4.39 Å². The second kappa shape index (κ2) is 6.61. The Morgan fingerprint density at radius 2 is 1.96 bits per heavy atom. The maximum absolute atomic E-state index is 13.6. The lowest BCUT2D eigenvalue weighted by atomic mass is 10.1. The van der Waals surface area contributed by atoms with Gasteiger partial charge in [0.25, 0.3) is 5.91 Å². The average Bonchev–Trinajstić information content (AvgIpc) is 3.46. The number of hydrogen-bond acceptors (Lipinski definition) is 3. The minimum Gasteiger partial charge on any atom is -0.301 e. The van der Waals surface area contributed by atoms with Crippen LogP contribution in [0.1, 0.15) is 16.9 Å². The van der Waals surface area contributed by atoms with Crippen LogP contribution in [-0.2, 0) is 4.84 Å². The molecule has 0 radical (unpaired) electrons. The van der Waals surface area contributed by atoms with Crippen molar-refractivity contribution in [1.82, 2.24) is 19.2 Å². The fourth-order valence-electron chi connectivity index (χ4n) is 3.41. The first-order valence-corrected chi connectivity index (χ1v) is 9.07. The molecule has 5 rings (SSSR count). The van der Waals surface area contributed by atoms with Gasteiger partial charge in [-0.3, -0.25) is 9.63 Å². The molecule has 6 nitrogen and oxygen atoms in total. The number of fused-ring (bicyclic) bond motifs is 1. The van der Waals surface area contributed by atoms with Gasteiger partial charge in [-0.25, -0.2) is 14.1 Å². The van der Waals surface area contributed by atoms with Gasteiger partial charge < -0.3 is 4.40 Å². The maximum atomic E-state index is 13.6. The van der Waals surface area contributed by atoms with E-state index < -0.39 is 0 Å². The van der Waals surface area contributed by atoms with Gasteiger partial charge in [-0.05, 0) is 53.9 Å². The normalized spacial score (nSPS) is 14.1. The van der Waals surface area contributed by atoms with Crippen LogP contribution in [0.2, 0.25) is 0 Å². The van der Waals surface area contributed by atoms with Crippen LogP contribution in [0.3, 0.4) is 0 Å². The summed E-state index contributed by atoms with van der Waals surface area (Å²) in [6.07, 6.45) is 4.52. The molecule has 4 heterocycles. The highest BCUT2D eigenvalue weighted by atomic mass is 19.1. The molecule has 0 atom stereocenters. The Kier molecular flexibility index (Phi) is 3.95. The van der Waals surface area contributed by atoms with E-state index in [9.17, 15) is 9.18 Å². The predicted octanol–water partition coefficient (Wildman–Crippen LogP) is 3.71. The Morgan fingerprint density at radius 1 is 1.07 bits per heavy atom. The van der Waals surface area contributed by atoms with E-state index in [4.69, 9.17) is 4.84 Å². The number of hydrogen-bond donors (Lipinski definition) is 0. The van der Waals surface area contributed by atoms with Crippen molar-refractivity contribution >= 4 is 11.4 Å². The molecule has 7 heteroatoms. The quantitative estimate of drug-likeness (QED) is 0.548. The van der Waals surface area contributed by atoms with Gasteiger partial charge in [0, 0.05) is 17.9 Å². The minimum atomic E-state index is -0.273. The van der Waals surface area contributed by atoms with Crippen LogP contribution >= 0.6 is 0 Å². The molecule has 0 bridgehead atoms. The number of carbonyl (C=O) groups is 1. The number of halogens is 1. The Labute approximate surface area is 160 Å². The van der Waals surface area contributed by atoms with Gasteiger partial charge in [0.1, 0.15) is 11.6 Å². The molecule has 3 aromatic heterocycles. The molecule has 0 spiro atoms. The zero-order chi connectivity index (χ0) is 19.1.